The van der Waals surface area contributed by atoms with Crippen molar-refractivity contribution in [2.45, 2.75) is 31.2 Å². The topological polar surface area (TPSA) is 74.2 Å². The molecule has 0 aliphatic carbocycles. The van der Waals surface area contributed by atoms with Crippen LogP contribution in [0.25, 0.3) is 0 Å². The first-order valence-electron chi connectivity index (χ1n) is 9.61. The van der Waals surface area contributed by atoms with Crippen LogP contribution in [-0.2, 0) is 13.0 Å². The van der Waals surface area contributed by atoms with Crippen LogP contribution in [0.2, 0.25) is 0 Å². The lowest BCUT2D eigenvalue weighted by molar-refractivity contribution is 0.102. The molecule has 0 atom stereocenters. The van der Waals surface area contributed by atoms with Crippen LogP contribution in [0.3, 0.4) is 0 Å². The summed E-state index contributed by atoms with van der Waals surface area (Å²) in [6.45, 7) is 2.93. The average molecular weight is 428 g/mol. The molecular formula is C22H25N3O2S2. The van der Waals surface area contributed by atoms with Crippen LogP contribution in [-0.4, -0.2) is 28.4 Å². The zero-order chi connectivity index (χ0) is 20.5. The number of carbonyl (C=O) groups is 1. The van der Waals surface area contributed by atoms with Gasteiger partial charge in [-0.3, -0.25) is 10.1 Å². The van der Waals surface area contributed by atoms with Crippen LogP contribution < -0.4 is 10.6 Å². The maximum atomic E-state index is 12.4. The first-order chi connectivity index (χ1) is 14.2. The van der Waals surface area contributed by atoms with Gasteiger partial charge in [0.1, 0.15) is 0 Å². The normalized spacial score (nSPS) is 10.7. The standard InChI is InChI=1S/C22H25N3O2S2/c1-2-13-28-20-6-4-3-5-19(20)23-14-16-7-9-17(10-8-16)21(27)25-22-24-18(11-12-26)15-29-22/h3-10,15,23,26H,2,11-14H2,1H3,(H,24,25,27). The number of thiazole rings is 1. The maximum Gasteiger partial charge on any atom is 0.257 e. The van der Waals surface area contributed by atoms with E-state index in [0.29, 0.717) is 23.7 Å². The molecule has 1 amide bonds. The monoisotopic (exact) mass is 427 g/mol. The third kappa shape index (κ3) is 6.32. The Bertz CT molecular complexity index is 926. The van der Waals surface area contributed by atoms with Gasteiger partial charge in [0.2, 0.25) is 0 Å². The summed E-state index contributed by atoms with van der Waals surface area (Å²) in [5.74, 6) is 0.916. The molecule has 0 aliphatic rings. The summed E-state index contributed by atoms with van der Waals surface area (Å²) in [6.07, 6.45) is 1.64. The number of carbonyl (C=O) groups excluding carboxylic acids is 1. The van der Waals surface area contributed by atoms with Crippen molar-refractivity contribution in [1.82, 2.24) is 4.98 Å². The first kappa shape index (κ1) is 21.4. The van der Waals surface area contributed by atoms with Crippen LogP contribution in [0.4, 0.5) is 10.8 Å². The number of nitrogens with one attached hydrogen (secondary N) is 2. The van der Waals surface area contributed by atoms with Gasteiger partial charge in [-0.05, 0) is 42.0 Å². The molecule has 0 radical (unpaired) electrons. The van der Waals surface area contributed by atoms with Crippen LogP contribution in [0.15, 0.2) is 58.8 Å². The minimum Gasteiger partial charge on any atom is -0.396 e. The highest BCUT2D eigenvalue weighted by Crippen LogP contribution is 2.27. The number of anilines is 2. The van der Waals surface area contributed by atoms with E-state index in [1.807, 2.05) is 47.5 Å². The van der Waals surface area contributed by atoms with Crippen LogP contribution in [0.1, 0.15) is 35.0 Å². The van der Waals surface area contributed by atoms with Gasteiger partial charge in [-0.1, -0.05) is 31.2 Å². The molecule has 3 N–H and O–H groups in total. The van der Waals surface area contributed by atoms with Gasteiger partial charge in [0.25, 0.3) is 5.91 Å². The van der Waals surface area contributed by atoms with Crippen LogP contribution in [0.5, 0.6) is 0 Å². The molecule has 0 unspecified atom stereocenters. The van der Waals surface area contributed by atoms with Gasteiger partial charge in [0, 0.05) is 41.1 Å². The Labute approximate surface area is 179 Å². The Kier molecular flexibility index (Phi) is 8.10. The highest BCUT2D eigenvalue weighted by molar-refractivity contribution is 7.99. The Morgan fingerprint density at radius 1 is 1.17 bits per heavy atom. The molecule has 0 bridgehead atoms. The van der Waals surface area contributed by atoms with Gasteiger partial charge < -0.3 is 10.4 Å². The van der Waals surface area contributed by atoms with E-state index in [1.165, 1.54) is 16.2 Å². The molecule has 1 aromatic heterocycles. The summed E-state index contributed by atoms with van der Waals surface area (Å²) in [4.78, 5) is 18.0. The predicted molar refractivity (Wildman–Crippen MR) is 122 cm³/mol. The Balaban J connectivity index is 1.56. The van der Waals surface area contributed by atoms with Crippen LogP contribution in [0, 0.1) is 0 Å². The van der Waals surface area contributed by atoms with E-state index in [2.05, 4.69) is 40.7 Å². The molecule has 0 saturated carbocycles. The SMILES string of the molecule is CCCSc1ccccc1NCc1ccc(C(=O)Nc2nc(CCO)cs2)cc1. The van der Waals surface area contributed by atoms with Gasteiger partial charge in [0.05, 0.1) is 5.69 Å². The number of hydrogen-bond donors (Lipinski definition) is 3. The highest BCUT2D eigenvalue weighted by Gasteiger charge is 2.09. The van der Waals surface area contributed by atoms with E-state index in [9.17, 15) is 4.79 Å². The number of rotatable bonds is 10. The Morgan fingerprint density at radius 2 is 1.97 bits per heavy atom. The number of hydrogen-bond acceptors (Lipinski definition) is 6. The lowest BCUT2D eigenvalue weighted by Crippen LogP contribution is -2.12. The second-order valence-corrected chi connectivity index (χ2v) is 8.46. The highest BCUT2D eigenvalue weighted by atomic mass is 32.2. The van der Waals surface area contributed by atoms with Gasteiger partial charge in [-0.25, -0.2) is 4.98 Å². The molecule has 7 heteroatoms. The summed E-state index contributed by atoms with van der Waals surface area (Å²) in [5.41, 5.74) is 3.62. The predicted octanol–water partition coefficient (Wildman–Crippen LogP) is 5.04. The molecule has 0 spiro atoms. The number of aromatic nitrogens is 1. The number of nitrogens with zero attached hydrogens (tertiary/aromatic N) is 1. The molecule has 0 saturated heterocycles. The van der Waals surface area contributed by atoms with Crippen molar-refractivity contribution in [2.75, 3.05) is 23.0 Å². The van der Waals surface area contributed by atoms with Crippen molar-refractivity contribution < 1.29 is 9.90 Å². The van der Waals surface area contributed by atoms with Crippen molar-refractivity contribution in [3.05, 3.63) is 70.7 Å². The number of benzene rings is 2. The molecule has 1 heterocycles. The fourth-order valence-electron chi connectivity index (χ4n) is 2.68. The molecule has 3 aromatic rings. The molecule has 3 rings (SSSR count). The van der Waals surface area contributed by atoms with Gasteiger partial charge in [0.15, 0.2) is 5.13 Å². The minimum absolute atomic E-state index is 0.0500. The molecule has 29 heavy (non-hydrogen) atoms. The van der Waals surface area contributed by atoms with E-state index in [4.69, 9.17) is 5.11 Å². The summed E-state index contributed by atoms with van der Waals surface area (Å²) in [7, 11) is 0. The smallest absolute Gasteiger partial charge is 0.257 e. The zero-order valence-corrected chi connectivity index (χ0v) is 18.0. The third-order valence-corrected chi connectivity index (χ3v) is 6.27. The number of amides is 1. The van der Waals surface area contributed by atoms with Crippen LogP contribution >= 0.6 is 23.1 Å². The molecule has 5 nitrogen and oxygen atoms in total. The van der Waals surface area contributed by atoms with Gasteiger partial charge in [-0.2, -0.15) is 0 Å². The Morgan fingerprint density at radius 3 is 2.72 bits per heavy atom. The fourth-order valence-corrected chi connectivity index (χ4v) is 4.32. The molecule has 0 fully saturated rings. The largest absolute Gasteiger partial charge is 0.396 e. The van der Waals surface area contributed by atoms with Crippen molar-refractivity contribution in [2.24, 2.45) is 0 Å². The Hall–Kier alpha value is -2.35. The summed E-state index contributed by atoms with van der Waals surface area (Å²) < 4.78 is 0. The zero-order valence-electron chi connectivity index (χ0n) is 16.4. The van der Waals surface area contributed by atoms with E-state index in [0.717, 1.165) is 29.1 Å². The lowest BCUT2D eigenvalue weighted by Gasteiger charge is -2.12. The minimum atomic E-state index is -0.185. The molecular weight excluding hydrogens is 402 g/mol. The second-order valence-electron chi connectivity index (χ2n) is 6.47. The number of aliphatic hydroxyl groups excluding tert-OH is 1. The quantitative estimate of drug-likeness (QED) is 0.395. The van der Waals surface area contributed by atoms with Crippen molar-refractivity contribution in [3.63, 3.8) is 0 Å². The molecule has 0 aliphatic heterocycles. The number of thioether (sulfide) groups is 1. The average Bonchev–Trinajstić information content (AvgIpc) is 3.18. The second kappa shape index (κ2) is 11.0. The number of aliphatic hydroxyl groups is 1. The lowest BCUT2D eigenvalue weighted by atomic mass is 10.1. The molecule has 152 valence electrons. The van der Waals surface area contributed by atoms with Gasteiger partial charge in [-0.15, -0.1) is 23.1 Å². The van der Waals surface area contributed by atoms with Crippen molar-refractivity contribution in [3.8, 4) is 0 Å². The number of para-hydroxylation sites is 1. The van der Waals surface area contributed by atoms with Gasteiger partial charge >= 0.3 is 0 Å². The van der Waals surface area contributed by atoms with E-state index in [1.54, 1.807) is 0 Å². The first-order valence-corrected chi connectivity index (χ1v) is 11.5. The third-order valence-electron chi connectivity index (χ3n) is 4.19. The van der Waals surface area contributed by atoms with E-state index in [-0.39, 0.29) is 12.5 Å². The van der Waals surface area contributed by atoms with E-state index < -0.39 is 0 Å². The van der Waals surface area contributed by atoms with Crippen molar-refractivity contribution in [1.29, 1.82) is 0 Å². The summed E-state index contributed by atoms with van der Waals surface area (Å²) >= 11 is 3.22. The summed E-state index contributed by atoms with van der Waals surface area (Å²) in [5, 5.41) is 17.6. The van der Waals surface area contributed by atoms with Crippen molar-refractivity contribution >= 4 is 39.8 Å². The summed E-state index contributed by atoms with van der Waals surface area (Å²) in [6, 6.07) is 15.9. The maximum absolute atomic E-state index is 12.4. The van der Waals surface area contributed by atoms with E-state index >= 15 is 0 Å². The fraction of sp³-hybridized carbons (Fsp3) is 0.273. The molecule has 2 aromatic carbocycles.